The maximum atomic E-state index is 11.3. The van der Waals surface area contributed by atoms with Crippen LogP contribution in [0.15, 0.2) is 40.3 Å². The van der Waals surface area contributed by atoms with Crippen LogP contribution in [0, 0.1) is 6.92 Å². The van der Waals surface area contributed by atoms with E-state index in [-0.39, 0.29) is 5.56 Å². The van der Waals surface area contributed by atoms with Crippen LogP contribution in [0.4, 0.5) is 0 Å². The number of ether oxygens (including phenoxy) is 1. The van der Waals surface area contributed by atoms with Crippen molar-refractivity contribution in [2.24, 2.45) is 0 Å². The molecule has 6 heteroatoms. The Morgan fingerprint density at radius 2 is 2.00 bits per heavy atom. The number of nitrogens with zero attached hydrogens (tertiary/aromatic N) is 2. The summed E-state index contributed by atoms with van der Waals surface area (Å²) < 4.78 is 5.60. The number of aromatic amines is 1. The number of aryl methyl sites for hydroxylation is 1. The number of thioether (sulfide) groups is 1. The van der Waals surface area contributed by atoms with Crippen LogP contribution in [0.3, 0.4) is 0 Å². The zero-order valence-electron chi connectivity index (χ0n) is 11.3. The third-order valence-electron chi connectivity index (χ3n) is 2.63. The summed E-state index contributed by atoms with van der Waals surface area (Å²) in [6.45, 7) is 2.34. The highest BCUT2D eigenvalue weighted by Crippen LogP contribution is 2.13. The Morgan fingerprint density at radius 3 is 2.75 bits per heavy atom. The summed E-state index contributed by atoms with van der Waals surface area (Å²) in [6.07, 6.45) is 1.96. The fraction of sp³-hybridized carbons (Fsp3) is 0.357. The summed E-state index contributed by atoms with van der Waals surface area (Å²) in [5, 5.41) is 8.30. The molecule has 0 spiro atoms. The summed E-state index contributed by atoms with van der Waals surface area (Å²) in [6, 6.07) is 9.77. The SMILES string of the molecule is Cc1nnc(SCCCCOc2ccccc2)[nH]c1=O. The zero-order valence-corrected chi connectivity index (χ0v) is 12.2. The number of rotatable bonds is 7. The number of hydrogen-bond donors (Lipinski definition) is 1. The third kappa shape index (κ3) is 4.70. The predicted molar refractivity (Wildman–Crippen MR) is 79.3 cm³/mol. The number of aromatic nitrogens is 3. The molecule has 0 saturated heterocycles. The minimum atomic E-state index is -0.171. The van der Waals surface area contributed by atoms with Crippen LogP contribution in [0.25, 0.3) is 0 Å². The van der Waals surface area contributed by atoms with E-state index >= 15 is 0 Å². The van der Waals surface area contributed by atoms with Gasteiger partial charge in [0.05, 0.1) is 6.61 Å². The number of benzene rings is 1. The summed E-state index contributed by atoms with van der Waals surface area (Å²) in [5.41, 5.74) is 0.223. The number of unbranched alkanes of at least 4 members (excludes halogenated alkanes) is 1. The minimum Gasteiger partial charge on any atom is -0.494 e. The molecule has 1 aromatic heterocycles. The van der Waals surface area contributed by atoms with Crippen molar-refractivity contribution in [2.75, 3.05) is 12.4 Å². The monoisotopic (exact) mass is 291 g/mol. The Hall–Kier alpha value is -1.82. The molecule has 0 aliphatic carbocycles. The molecule has 0 aliphatic heterocycles. The molecule has 2 rings (SSSR count). The first-order valence-electron chi connectivity index (χ1n) is 6.50. The van der Waals surface area contributed by atoms with Crippen molar-refractivity contribution in [1.82, 2.24) is 15.2 Å². The van der Waals surface area contributed by atoms with E-state index in [2.05, 4.69) is 15.2 Å². The molecule has 5 nitrogen and oxygen atoms in total. The fourth-order valence-electron chi connectivity index (χ4n) is 1.52. The number of H-pyrrole nitrogens is 1. The zero-order chi connectivity index (χ0) is 14.2. The lowest BCUT2D eigenvalue weighted by Crippen LogP contribution is -2.14. The van der Waals surface area contributed by atoms with E-state index in [1.54, 1.807) is 6.92 Å². The van der Waals surface area contributed by atoms with Gasteiger partial charge in [-0.3, -0.25) is 9.78 Å². The van der Waals surface area contributed by atoms with E-state index in [4.69, 9.17) is 4.74 Å². The molecule has 0 atom stereocenters. The van der Waals surface area contributed by atoms with Crippen LogP contribution < -0.4 is 10.3 Å². The van der Waals surface area contributed by atoms with Crippen molar-refractivity contribution in [3.8, 4) is 5.75 Å². The summed E-state index contributed by atoms with van der Waals surface area (Å²) in [4.78, 5) is 14.0. The van der Waals surface area contributed by atoms with Crippen LogP contribution in [0.1, 0.15) is 18.5 Å². The molecular formula is C14H17N3O2S. The molecule has 106 valence electrons. The Morgan fingerprint density at radius 1 is 1.20 bits per heavy atom. The molecule has 0 fully saturated rings. The number of nitrogens with one attached hydrogen (secondary N) is 1. The van der Waals surface area contributed by atoms with Gasteiger partial charge in [0.15, 0.2) is 5.16 Å². The van der Waals surface area contributed by atoms with Crippen LogP contribution in [-0.2, 0) is 0 Å². The highest BCUT2D eigenvalue weighted by Gasteiger charge is 2.00. The molecule has 2 aromatic rings. The first-order chi connectivity index (χ1) is 9.75. The first kappa shape index (κ1) is 14.6. The quantitative estimate of drug-likeness (QED) is 0.627. The predicted octanol–water partition coefficient (Wildman–Crippen LogP) is 2.42. The topological polar surface area (TPSA) is 67.9 Å². The highest BCUT2D eigenvalue weighted by atomic mass is 32.2. The average Bonchev–Trinajstić information content (AvgIpc) is 2.47. The normalized spacial score (nSPS) is 10.4. The van der Waals surface area contributed by atoms with Crippen molar-refractivity contribution >= 4 is 11.8 Å². The third-order valence-corrected chi connectivity index (χ3v) is 3.58. The van der Waals surface area contributed by atoms with Crippen molar-refractivity contribution in [3.05, 3.63) is 46.4 Å². The van der Waals surface area contributed by atoms with E-state index in [0.29, 0.717) is 17.5 Å². The molecule has 1 aromatic carbocycles. The van der Waals surface area contributed by atoms with Gasteiger partial charge in [-0.15, -0.1) is 10.2 Å². The minimum absolute atomic E-state index is 0.171. The Kier molecular flexibility index (Phi) is 5.61. The summed E-state index contributed by atoms with van der Waals surface area (Å²) in [7, 11) is 0. The van der Waals surface area contributed by atoms with E-state index in [1.807, 2.05) is 30.3 Å². The van der Waals surface area contributed by atoms with Crippen molar-refractivity contribution in [3.63, 3.8) is 0 Å². The summed E-state index contributed by atoms with van der Waals surface area (Å²) in [5.74, 6) is 1.78. The van der Waals surface area contributed by atoms with E-state index in [9.17, 15) is 4.79 Å². The van der Waals surface area contributed by atoms with Gasteiger partial charge >= 0.3 is 0 Å². The van der Waals surface area contributed by atoms with Gasteiger partial charge in [0.2, 0.25) is 0 Å². The molecular weight excluding hydrogens is 274 g/mol. The molecule has 0 bridgehead atoms. The summed E-state index contributed by atoms with van der Waals surface area (Å²) >= 11 is 1.50. The lowest BCUT2D eigenvalue weighted by molar-refractivity contribution is 0.310. The molecule has 0 saturated carbocycles. The van der Waals surface area contributed by atoms with Gasteiger partial charge in [0.1, 0.15) is 11.4 Å². The lowest BCUT2D eigenvalue weighted by Gasteiger charge is -2.05. The van der Waals surface area contributed by atoms with E-state index in [1.165, 1.54) is 11.8 Å². The van der Waals surface area contributed by atoms with Gasteiger partial charge in [-0.05, 0) is 31.9 Å². The van der Waals surface area contributed by atoms with Crippen molar-refractivity contribution in [1.29, 1.82) is 0 Å². The maximum absolute atomic E-state index is 11.3. The van der Waals surface area contributed by atoms with Crippen molar-refractivity contribution < 1.29 is 4.74 Å². The standard InChI is InChI=1S/C14H17N3O2S/c1-11-13(18)15-14(17-16-11)20-10-6-5-9-19-12-7-3-2-4-8-12/h2-4,7-8H,5-6,9-10H2,1H3,(H,15,17,18). The van der Waals surface area contributed by atoms with Gasteiger partial charge < -0.3 is 4.74 Å². The lowest BCUT2D eigenvalue weighted by atomic mass is 10.3. The molecule has 20 heavy (non-hydrogen) atoms. The smallest absolute Gasteiger partial charge is 0.273 e. The number of hydrogen-bond acceptors (Lipinski definition) is 5. The average molecular weight is 291 g/mol. The molecule has 1 heterocycles. The van der Waals surface area contributed by atoms with Gasteiger partial charge in [-0.25, -0.2) is 0 Å². The second-order valence-electron chi connectivity index (χ2n) is 4.26. The van der Waals surface area contributed by atoms with Crippen LogP contribution in [0.5, 0.6) is 5.75 Å². The Bertz CT molecular complexity index is 586. The van der Waals surface area contributed by atoms with Crippen LogP contribution in [0.2, 0.25) is 0 Å². The Balaban J connectivity index is 1.62. The van der Waals surface area contributed by atoms with Crippen LogP contribution >= 0.6 is 11.8 Å². The van der Waals surface area contributed by atoms with E-state index < -0.39 is 0 Å². The molecule has 0 radical (unpaired) electrons. The second-order valence-corrected chi connectivity index (χ2v) is 5.35. The van der Waals surface area contributed by atoms with Gasteiger partial charge in [-0.2, -0.15) is 0 Å². The van der Waals surface area contributed by atoms with Gasteiger partial charge in [0, 0.05) is 5.75 Å². The fourth-order valence-corrected chi connectivity index (χ4v) is 2.33. The molecule has 0 aliphatic rings. The highest BCUT2D eigenvalue weighted by molar-refractivity contribution is 7.99. The molecule has 0 unspecified atom stereocenters. The van der Waals surface area contributed by atoms with Gasteiger partial charge in [0.25, 0.3) is 5.56 Å². The maximum Gasteiger partial charge on any atom is 0.273 e. The number of para-hydroxylation sites is 1. The van der Waals surface area contributed by atoms with Crippen molar-refractivity contribution in [2.45, 2.75) is 24.9 Å². The van der Waals surface area contributed by atoms with Crippen LogP contribution in [-0.4, -0.2) is 27.5 Å². The molecule has 0 amide bonds. The molecule has 1 N–H and O–H groups in total. The van der Waals surface area contributed by atoms with E-state index in [0.717, 1.165) is 24.3 Å². The largest absolute Gasteiger partial charge is 0.494 e. The first-order valence-corrected chi connectivity index (χ1v) is 7.48. The second kappa shape index (κ2) is 7.69. The Labute approximate surface area is 121 Å². The van der Waals surface area contributed by atoms with Gasteiger partial charge in [-0.1, -0.05) is 30.0 Å².